The molecule has 0 saturated carbocycles. The fraction of sp³-hybridized carbons (Fsp3) is 0.0213. The molecule has 1 aromatic heterocycles. The molecular formula is C47H30N4O. The molecular weight excluding hydrogens is 637 g/mol. The number of hydrogen-bond donors (Lipinski definition) is 0. The molecule has 0 bridgehead atoms. The number of para-hydroxylation sites is 1. The molecule has 9 rings (SSSR count). The molecule has 2 heterocycles. The van der Waals surface area contributed by atoms with Crippen LogP contribution in [-0.4, -0.2) is 15.0 Å². The highest BCUT2D eigenvalue weighted by Gasteiger charge is 2.45. The van der Waals surface area contributed by atoms with E-state index in [1.807, 2.05) is 66.7 Å². The zero-order valence-electron chi connectivity index (χ0n) is 28.0. The second kappa shape index (κ2) is 12.9. The lowest BCUT2D eigenvalue weighted by Gasteiger charge is -2.41. The van der Waals surface area contributed by atoms with Crippen LogP contribution in [0.2, 0.25) is 0 Å². The number of hydrogen-bond acceptors (Lipinski definition) is 4. The van der Waals surface area contributed by atoms with Crippen LogP contribution in [0.5, 0.6) is 11.5 Å². The van der Waals surface area contributed by atoms with Gasteiger partial charge in [-0.2, -0.15) is 0 Å². The maximum atomic E-state index is 7.53. The summed E-state index contributed by atoms with van der Waals surface area (Å²) in [5.41, 5.74) is 9.02. The normalized spacial score (nSPS) is 12.5. The summed E-state index contributed by atoms with van der Waals surface area (Å²) in [5, 5.41) is 0. The lowest BCUT2D eigenvalue weighted by atomic mass is 9.63. The van der Waals surface area contributed by atoms with Crippen LogP contribution in [-0.2, 0) is 5.41 Å². The van der Waals surface area contributed by atoms with E-state index in [9.17, 15) is 0 Å². The van der Waals surface area contributed by atoms with Crippen LogP contribution >= 0.6 is 0 Å². The van der Waals surface area contributed by atoms with Crippen molar-refractivity contribution in [3.05, 3.63) is 216 Å². The van der Waals surface area contributed by atoms with Gasteiger partial charge < -0.3 is 4.74 Å². The molecule has 52 heavy (non-hydrogen) atoms. The summed E-state index contributed by atoms with van der Waals surface area (Å²) in [6, 6.07) is 61.8. The van der Waals surface area contributed by atoms with E-state index in [0.717, 1.165) is 50.4 Å². The Kier molecular flexibility index (Phi) is 7.68. The second-order valence-electron chi connectivity index (χ2n) is 12.7. The SMILES string of the molecule is [C-]#[N+]c1cccc(-c2nc(-c3ccccc3)nc(-c3cccc(-c4ccc5c(c4)Oc4ccccc4C5(c4ccccc4)c4ccccc4)c3)n2)c1. The monoisotopic (exact) mass is 666 g/mol. The van der Waals surface area contributed by atoms with Crippen molar-refractivity contribution in [2.75, 3.05) is 0 Å². The number of ether oxygens (including phenoxy) is 1. The zero-order valence-corrected chi connectivity index (χ0v) is 28.0. The molecule has 0 N–H and O–H groups in total. The molecule has 0 fully saturated rings. The minimum absolute atomic E-state index is 0.513. The van der Waals surface area contributed by atoms with Crippen LogP contribution in [0.4, 0.5) is 5.69 Å². The Labute approximate surface area is 302 Å². The van der Waals surface area contributed by atoms with Crippen LogP contribution in [0.15, 0.2) is 182 Å². The standard InChI is InChI=1S/C47H30N4O/c1-48-39-24-14-19-36(30-39)46-50-44(32-15-5-2-6-16-32)49-45(51-46)35-18-13-17-33(29-35)34-27-28-41-43(31-34)52-42-26-12-11-25-40(42)47(41,37-20-7-3-8-21-37)38-22-9-4-10-23-38/h2-31H. The number of fused-ring (bicyclic) bond motifs is 2. The van der Waals surface area contributed by atoms with Crippen molar-refractivity contribution in [2.24, 2.45) is 0 Å². The van der Waals surface area contributed by atoms with Crippen LogP contribution in [0.25, 0.3) is 50.1 Å². The van der Waals surface area contributed by atoms with Gasteiger partial charge in [0, 0.05) is 27.8 Å². The van der Waals surface area contributed by atoms with Crippen molar-refractivity contribution < 1.29 is 4.74 Å². The molecule has 0 unspecified atom stereocenters. The average molecular weight is 667 g/mol. The fourth-order valence-electron chi connectivity index (χ4n) is 7.29. The Morgan fingerprint density at radius 1 is 0.404 bits per heavy atom. The minimum Gasteiger partial charge on any atom is -0.457 e. The summed E-state index contributed by atoms with van der Waals surface area (Å²) >= 11 is 0. The van der Waals surface area contributed by atoms with E-state index < -0.39 is 5.41 Å². The van der Waals surface area contributed by atoms with E-state index in [0.29, 0.717) is 23.2 Å². The number of nitrogens with zero attached hydrogens (tertiary/aromatic N) is 4. The predicted molar refractivity (Wildman–Crippen MR) is 206 cm³/mol. The number of aromatic nitrogens is 3. The third-order valence-corrected chi connectivity index (χ3v) is 9.67. The Balaban J connectivity index is 1.19. The maximum Gasteiger partial charge on any atom is 0.187 e. The van der Waals surface area contributed by atoms with Gasteiger partial charge in [-0.3, -0.25) is 0 Å². The molecule has 1 aliphatic rings. The lowest BCUT2D eigenvalue weighted by Crippen LogP contribution is -2.34. The smallest absolute Gasteiger partial charge is 0.187 e. The summed E-state index contributed by atoms with van der Waals surface area (Å²) in [6.07, 6.45) is 0. The first-order chi connectivity index (χ1) is 25.7. The lowest BCUT2D eigenvalue weighted by molar-refractivity contribution is 0.435. The molecule has 5 nitrogen and oxygen atoms in total. The summed E-state index contributed by atoms with van der Waals surface area (Å²) in [7, 11) is 0. The number of benzene rings is 7. The van der Waals surface area contributed by atoms with E-state index in [2.05, 4.69) is 114 Å². The van der Waals surface area contributed by atoms with Crippen molar-refractivity contribution in [1.82, 2.24) is 15.0 Å². The summed E-state index contributed by atoms with van der Waals surface area (Å²) in [5.74, 6) is 3.27. The first-order valence-corrected chi connectivity index (χ1v) is 17.1. The van der Waals surface area contributed by atoms with E-state index >= 15 is 0 Å². The molecule has 0 radical (unpaired) electrons. The van der Waals surface area contributed by atoms with Crippen LogP contribution < -0.4 is 4.74 Å². The molecule has 0 amide bonds. The van der Waals surface area contributed by atoms with Crippen LogP contribution in [0.3, 0.4) is 0 Å². The van der Waals surface area contributed by atoms with Gasteiger partial charge in [0.15, 0.2) is 23.2 Å². The molecule has 0 spiro atoms. The molecule has 244 valence electrons. The quantitative estimate of drug-likeness (QED) is 0.166. The molecule has 8 aromatic rings. The molecule has 1 aliphatic heterocycles. The van der Waals surface area contributed by atoms with Gasteiger partial charge in [0.2, 0.25) is 0 Å². The summed E-state index contributed by atoms with van der Waals surface area (Å²) in [4.78, 5) is 18.4. The van der Waals surface area contributed by atoms with Crippen molar-refractivity contribution >= 4 is 5.69 Å². The summed E-state index contributed by atoms with van der Waals surface area (Å²) in [6.45, 7) is 7.53. The Hall–Kier alpha value is -7.16. The Bertz CT molecular complexity index is 2580. The van der Waals surface area contributed by atoms with E-state index in [4.69, 9.17) is 26.3 Å². The fourth-order valence-corrected chi connectivity index (χ4v) is 7.29. The molecule has 7 aromatic carbocycles. The molecule has 0 aliphatic carbocycles. The van der Waals surface area contributed by atoms with Gasteiger partial charge in [-0.05, 0) is 46.5 Å². The van der Waals surface area contributed by atoms with Gasteiger partial charge in [0.25, 0.3) is 0 Å². The molecule has 5 heteroatoms. The van der Waals surface area contributed by atoms with Gasteiger partial charge in [-0.15, -0.1) is 0 Å². The Morgan fingerprint density at radius 3 is 1.58 bits per heavy atom. The van der Waals surface area contributed by atoms with Crippen molar-refractivity contribution in [2.45, 2.75) is 5.41 Å². The van der Waals surface area contributed by atoms with Gasteiger partial charge in [-0.1, -0.05) is 158 Å². The van der Waals surface area contributed by atoms with Crippen LogP contribution in [0, 0.1) is 6.57 Å². The minimum atomic E-state index is -0.577. The molecule has 0 saturated heterocycles. The maximum absolute atomic E-state index is 7.53. The first kappa shape index (κ1) is 30.9. The highest BCUT2D eigenvalue weighted by Crippen LogP contribution is 2.55. The Morgan fingerprint density at radius 2 is 0.904 bits per heavy atom. The highest BCUT2D eigenvalue weighted by atomic mass is 16.5. The second-order valence-corrected chi connectivity index (χ2v) is 12.7. The average Bonchev–Trinajstić information content (AvgIpc) is 3.23. The number of rotatable bonds is 6. The highest BCUT2D eigenvalue weighted by molar-refractivity contribution is 5.77. The van der Waals surface area contributed by atoms with Gasteiger partial charge in [-0.25, -0.2) is 19.8 Å². The third-order valence-electron chi connectivity index (χ3n) is 9.67. The van der Waals surface area contributed by atoms with Gasteiger partial charge in [0.05, 0.1) is 12.0 Å². The van der Waals surface area contributed by atoms with Crippen LogP contribution in [0.1, 0.15) is 22.3 Å². The third kappa shape index (κ3) is 5.31. The van der Waals surface area contributed by atoms with Crippen molar-refractivity contribution in [1.29, 1.82) is 0 Å². The largest absolute Gasteiger partial charge is 0.457 e. The van der Waals surface area contributed by atoms with Crippen molar-refractivity contribution in [3.8, 4) is 56.8 Å². The van der Waals surface area contributed by atoms with E-state index in [1.54, 1.807) is 6.07 Å². The van der Waals surface area contributed by atoms with Crippen molar-refractivity contribution in [3.63, 3.8) is 0 Å². The summed E-state index contributed by atoms with van der Waals surface area (Å²) < 4.78 is 6.75. The van der Waals surface area contributed by atoms with E-state index in [-0.39, 0.29) is 0 Å². The van der Waals surface area contributed by atoms with Gasteiger partial charge in [0.1, 0.15) is 11.5 Å². The molecule has 0 atom stereocenters. The predicted octanol–water partition coefficient (Wildman–Crippen LogP) is 11.6. The topological polar surface area (TPSA) is 52.3 Å². The van der Waals surface area contributed by atoms with Gasteiger partial charge >= 0.3 is 0 Å². The first-order valence-electron chi connectivity index (χ1n) is 17.1. The zero-order chi connectivity index (χ0) is 34.9. The van der Waals surface area contributed by atoms with E-state index in [1.165, 1.54) is 11.1 Å².